The molecule has 0 aromatic heterocycles. The third kappa shape index (κ3) is 5.23. The number of ether oxygens (including phenoxy) is 2. The van der Waals surface area contributed by atoms with Crippen LogP contribution in [0.2, 0.25) is 0 Å². The van der Waals surface area contributed by atoms with Gasteiger partial charge < -0.3 is 14.8 Å². The molecule has 7 heteroatoms. The molecule has 0 radical (unpaired) electrons. The predicted octanol–water partition coefficient (Wildman–Crippen LogP) is 4.54. The van der Waals surface area contributed by atoms with Crippen LogP contribution < -0.4 is 10.1 Å². The molecule has 1 aliphatic heterocycles. The summed E-state index contributed by atoms with van der Waals surface area (Å²) < 4.78 is 10.6. The van der Waals surface area contributed by atoms with Crippen LogP contribution in [0.1, 0.15) is 24.8 Å². The summed E-state index contributed by atoms with van der Waals surface area (Å²) in [5.74, 6) is 1.07. The summed E-state index contributed by atoms with van der Waals surface area (Å²) in [6, 6.07) is 15.8. The van der Waals surface area contributed by atoms with Gasteiger partial charge in [-0.05, 0) is 35.7 Å². The number of hydrogen-bond acceptors (Lipinski definition) is 5. The van der Waals surface area contributed by atoms with Gasteiger partial charge in [0.25, 0.3) is 0 Å². The Kier molecular flexibility index (Phi) is 7.04. The van der Waals surface area contributed by atoms with Crippen LogP contribution >= 0.6 is 11.8 Å². The minimum Gasteiger partial charge on any atom is -0.497 e. The summed E-state index contributed by atoms with van der Waals surface area (Å²) in [5, 5.41) is 2.64. The lowest BCUT2D eigenvalue weighted by atomic mass is 10.2. The second kappa shape index (κ2) is 9.69. The summed E-state index contributed by atoms with van der Waals surface area (Å²) in [4.78, 5) is 27.5. The Morgan fingerprint density at radius 2 is 1.83 bits per heavy atom. The van der Waals surface area contributed by atoms with Gasteiger partial charge in [0, 0.05) is 11.4 Å². The van der Waals surface area contributed by atoms with Crippen LogP contribution in [0.15, 0.2) is 54.6 Å². The van der Waals surface area contributed by atoms with Gasteiger partial charge >= 0.3 is 12.0 Å². The number of carbonyl (C=O) groups is 2. The molecule has 1 fully saturated rings. The highest BCUT2D eigenvalue weighted by molar-refractivity contribution is 7.99. The zero-order valence-corrected chi connectivity index (χ0v) is 17.6. The number of anilines is 1. The highest BCUT2D eigenvalue weighted by Gasteiger charge is 2.43. The van der Waals surface area contributed by atoms with E-state index in [0.717, 1.165) is 5.56 Å². The maximum Gasteiger partial charge on any atom is 0.329 e. The quantitative estimate of drug-likeness (QED) is 0.703. The lowest BCUT2D eigenvalue weighted by Crippen LogP contribution is -2.46. The SMILES string of the molecule is COc1ccc(NC(=O)N2[C@@H](C(=O)OCC(C)C)CS[C@H]2c2ccccc2)cc1. The molecular weight excluding hydrogens is 388 g/mol. The molecule has 1 heterocycles. The maximum atomic E-state index is 13.2. The van der Waals surface area contributed by atoms with E-state index in [9.17, 15) is 9.59 Å². The van der Waals surface area contributed by atoms with Crippen molar-refractivity contribution < 1.29 is 19.1 Å². The number of nitrogens with one attached hydrogen (secondary N) is 1. The van der Waals surface area contributed by atoms with Crippen molar-refractivity contribution in [3.63, 3.8) is 0 Å². The average Bonchev–Trinajstić information content (AvgIpc) is 3.18. The standard InChI is InChI=1S/C22H26N2O4S/c1-15(2)13-28-21(25)19-14-29-20(16-7-5-4-6-8-16)24(19)22(26)23-17-9-11-18(27-3)12-10-17/h4-12,15,19-20H,13-14H2,1-3H3,(H,23,26)/t19-,20+/m1/s1. The summed E-state index contributed by atoms with van der Waals surface area (Å²) in [5.41, 5.74) is 1.61. The molecule has 2 aromatic rings. The Labute approximate surface area is 175 Å². The molecule has 0 spiro atoms. The Bertz CT molecular complexity index is 826. The predicted molar refractivity (Wildman–Crippen MR) is 115 cm³/mol. The Morgan fingerprint density at radius 1 is 1.14 bits per heavy atom. The number of carbonyl (C=O) groups excluding carboxylic acids is 2. The molecule has 29 heavy (non-hydrogen) atoms. The number of rotatable bonds is 6. The van der Waals surface area contributed by atoms with Crippen molar-refractivity contribution in [3.05, 3.63) is 60.2 Å². The highest BCUT2D eigenvalue weighted by Crippen LogP contribution is 2.42. The van der Waals surface area contributed by atoms with Crippen molar-refractivity contribution >= 4 is 29.4 Å². The van der Waals surface area contributed by atoms with Crippen LogP contribution in [-0.4, -0.2) is 42.4 Å². The van der Waals surface area contributed by atoms with Crippen LogP contribution in [0.3, 0.4) is 0 Å². The zero-order chi connectivity index (χ0) is 20.8. The monoisotopic (exact) mass is 414 g/mol. The maximum absolute atomic E-state index is 13.2. The van der Waals surface area contributed by atoms with E-state index < -0.39 is 6.04 Å². The first-order valence-electron chi connectivity index (χ1n) is 9.56. The van der Waals surface area contributed by atoms with E-state index in [1.807, 2.05) is 44.2 Å². The van der Waals surface area contributed by atoms with Crippen LogP contribution in [0.25, 0.3) is 0 Å². The summed E-state index contributed by atoms with van der Waals surface area (Å²) in [7, 11) is 1.59. The largest absolute Gasteiger partial charge is 0.497 e. The number of amides is 2. The Balaban J connectivity index is 1.81. The third-order valence-electron chi connectivity index (χ3n) is 4.49. The Morgan fingerprint density at radius 3 is 2.45 bits per heavy atom. The highest BCUT2D eigenvalue weighted by atomic mass is 32.2. The van der Waals surface area contributed by atoms with Gasteiger partial charge in [-0.2, -0.15) is 0 Å². The average molecular weight is 415 g/mol. The van der Waals surface area contributed by atoms with E-state index in [4.69, 9.17) is 9.47 Å². The first-order valence-corrected chi connectivity index (χ1v) is 10.6. The van der Waals surface area contributed by atoms with E-state index in [-0.39, 0.29) is 23.3 Å². The van der Waals surface area contributed by atoms with Gasteiger partial charge in [-0.15, -0.1) is 11.8 Å². The Hall–Kier alpha value is -2.67. The van der Waals surface area contributed by atoms with Gasteiger partial charge in [0.2, 0.25) is 0 Å². The van der Waals surface area contributed by atoms with Crippen molar-refractivity contribution in [3.8, 4) is 5.75 Å². The van der Waals surface area contributed by atoms with Gasteiger partial charge in [0.1, 0.15) is 17.2 Å². The minimum absolute atomic E-state index is 0.236. The molecule has 6 nitrogen and oxygen atoms in total. The van der Waals surface area contributed by atoms with Gasteiger partial charge in [-0.1, -0.05) is 44.2 Å². The van der Waals surface area contributed by atoms with Gasteiger partial charge in [0.05, 0.1) is 13.7 Å². The number of esters is 1. The van der Waals surface area contributed by atoms with Crippen LogP contribution in [0, 0.1) is 5.92 Å². The number of hydrogen-bond donors (Lipinski definition) is 1. The molecule has 0 saturated carbocycles. The molecule has 2 atom stereocenters. The van der Waals surface area contributed by atoms with E-state index in [1.165, 1.54) is 0 Å². The molecule has 2 amide bonds. The van der Waals surface area contributed by atoms with Crippen LogP contribution in [0.5, 0.6) is 5.75 Å². The number of thioether (sulfide) groups is 1. The number of nitrogens with zero attached hydrogens (tertiary/aromatic N) is 1. The molecule has 1 saturated heterocycles. The molecular formula is C22H26N2O4S. The molecule has 0 unspecified atom stereocenters. The first kappa shape index (κ1) is 21.0. The second-order valence-electron chi connectivity index (χ2n) is 7.20. The molecule has 154 valence electrons. The molecule has 2 aromatic carbocycles. The topological polar surface area (TPSA) is 67.9 Å². The number of methoxy groups -OCH3 is 1. The zero-order valence-electron chi connectivity index (χ0n) is 16.8. The number of urea groups is 1. The lowest BCUT2D eigenvalue weighted by molar-refractivity contribution is -0.149. The van der Waals surface area contributed by atoms with Gasteiger partial charge in [-0.25, -0.2) is 9.59 Å². The smallest absolute Gasteiger partial charge is 0.329 e. The van der Waals surface area contributed by atoms with Crippen molar-refractivity contribution in [2.75, 3.05) is 24.8 Å². The van der Waals surface area contributed by atoms with E-state index in [0.29, 0.717) is 23.8 Å². The van der Waals surface area contributed by atoms with Crippen molar-refractivity contribution in [2.24, 2.45) is 5.92 Å². The van der Waals surface area contributed by atoms with Crippen LogP contribution in [0.4, 0.5) is 10.5 Å². The molecule has 0 aliphatic carbocycles. The van der Waals surface area contributed by atoms with E-state index >= 15 is 0 Å². The summed E-state index contributed by atoms with van der Waals surface area (Å²) >= 11 is 1.56. The fraction of sp³-hybridized carbons (Fsp3) is 0.364. The molecule has 1 N–H and O–H groups in total. The second-order valence-corrected chi connectivity index (χ2v) is 8.32. The lowest BCUT2D eigenvalue weighted by Gasteiger charge is -2.29. The first-order chi connectivity index (χ1) is 14.0. The van der Waals surface area contributed by atoms with Crippen molar-refractivity contribution in [1.82, 2.24) is 4.90 Å². The fourth-order valence-corrected chi connectivity index (χ4v) is 4.43. The summed E-state index contributed by atoms with van der Waals surface area (Å²) in [6.07, 6.45) is 0. The van der Waals surface area contributed by atoms with Crippen molar-refractivity contribution in [1.29, 1.82) is 0 Å². The molecule has 3 rings (SSSR count). The number of benzene rings is 2. The molecule has 1 aliphatic rings. The summed E-state index contributed by atoms with van der Waals surface area (Å²) in [6.45, 7) is 4.30. The van der Waals surface area contributed by atoms with E-state index in [1.54, 1.807) is 48.0 Å². The van der Waals surface area contributed by atoms with Crippen LogP contribution in [-0.2, 0) is 9.53 Å². The van der Waals surface area contributed by atoms with Crippen molar-refractivity contribution in [2.45, 2.75) is 25.3 Å². The van der Waals surface area contributed by atoms with Gasteiger partial charge in [0.15, 0.2) is 0 Å². The molecule has 0 bridgehead atoms. The fourth-order valence-electron chi connectivity index (χ4n) is 3.02. The third-order valence-corrected chi connectivity index (χ3v) is 5.82. The van der Waals surface area contributed by atoms with Gasteiger partial charge in [-0.3, -0.25) is 4.90 Å². The normalized spacial score (nSPS) is 18.6. The van der Waals surface area contributed by atoms with E-state index in [2.05, 4.69) is 5.32 Å². The minimum atomic E-state index is -0.637.